The Morgan fingerprint density at radius 1 is 1.27 bits per heavy atom. The molecule has 0 aromatic rings. The van der Waals surface area contributed by atoms with E-state index in [0.717, 1.165) is 0 Å². The molecule has 8 nitrogen and oxygen atoms in total. The van der Waals surface area contributed by atoms with Crippen LogP contribution in [-0.2, 0) is 34.2 Å². The zero-order chi connectivity index (χ0) is 11.5. The molecule has 0 amide bonds. The normalized spacial score (nSPS) is 24.5. The van der Waals surface area contributed by atoms with Gasteiger partial charge in [-0.1, -0.05) is 0 Å². The van der Waals surface area contributed by atoms with Crippen molar-refractivity contribution in [2.45, 2.75) is 11.7 Å². The van der Waals surface area contributed by atoms with E-state index in [-0.39, 0.29) is 13.2 Å². The molecule has 0 spiro atoms. The predicted octanol–water partition coefficient (Wildman–Crippen LogP) is -1.34. The molecule has 1 atom stereocenters. The second-order valence-corrected chi connectivity index (χ2v) is 4.25. The van der Waals surface area contributed by atoms with Gasteiger partial charge in [-0.05, 0) is 0 Å². The van der Waals surface area contributed by atoms with Gasteiger partial charge in [0, 0.05) is 0 Å². The molecule has 1 N–H and O–H groups in total. The smallest absolute Gasteiger partial charge is 0.363 e. The van der Waals surface area contributed by atoms with Crippen molar-refractivity contribution in [1.82, 2.24) is 0 Å². The molecule has 1 fully saturated rings. The summed E-state index contributed by atoms with van der Waals surface area (Å²) < 4.78 is 34.5. The Bertz CT molecular complexity index is 357. The molecule has 1 rings (SSSR count). The van der Waals surface area contributed by atoms with Crippen molar-refractivity contribution in [1.29, 1.82) is 0 Å². The number of cyclic esters (lactones) is 1. The third-order valence-electron chi connectivity index (χ3n) is 1.55. The first-order valence-electron chi connectivity index (χ1n) is 3.86. The van der Waals surface area contributed by atoms with Gasteiger partial charge in [0.25, 0.3) is 10.1 Å². The van der Waals surface area contributed by atoms with Crippen LogP contribution in [0.25, 0.3) is 0 Å². The molecular weight excluding hydrogens is 232 g/mol. The van der Waals surface area contributed by atoms with Crippen molar-refractivity contribution in [3.63, 3.8) is 0 Å². The number of ether oxygens (including phenoxy) is 1. The van der Waals surface area contributed by atoms with Crippen LogP contribution >= 0.6 is 0 Å². The van der Waals surface area contributed by atoms with Crippen LogP contribution in [0.4, 0.5) is 0 Å². The average molecular weight is 240 g/mol. The molecule has 0 bridgehead atoms. The number of hydrogen-bond donors (Lipinski definition) is 1. The molecule has 0 radical (unpaired) electrons. The molecule has 1 heterocycles. The summed E-state index contributed by atoms with van der Waals surface area (Å²) in [6.45, 7) is -0.361. The summed E-state index contributed by atoms with van der Waals surface area (Å²) in [7, 11) is -4.72. The zero-order valence-electron chi connectivity index (χ0n) is 7.41. The predicted molar refractivity (Wildman–Crippen MR) is 43.0 cm³/mol. The van der Waals surface area contributed by atoms with Crippen molar-refractivity contribution in [2.24, 2.45) is 0 Å². The molecule has 0 aromatic heterocycles. The molecule has 0 aliphatic carbocycles. The van der Waals surface area contributed by atoms with Crippen LogP contribution in [0.1, 0.15) is 6.42 Å². The molecule has 1 saturated heterocycles. The maximum Gasteiger partial charge on any atom is 0.363 e. The summed E-state index contributed by atoms with van der Waals surface area (Å²) in [5.74, 6) is -2.28. The Labute approximate surface area is 84.8 Å². The lowest BCUT2D eigenvalue weighted by Crippen LogP contribution is -2.33. The van der Waals surface area contributed by atoms with Crippen LogP contribution in [0.15, 0.2) is 0 Å². The molecule has 0 saturated carbocycles. The highest BCUT2D eigenvalue weighted by molar-refractivity contribution is 7.87. The topological polar surface area (TPSA) is 116 Å². The fourth-order valence-electron chi connectivity index (χ4n) is 0.863. The van der Waals surface area contributed by atoms with Crippen molar-refractivity contribution >= 4 is 22.1 Å². The first-order valence-corrected chi connectivity index (χ1v) is 5.37. The lowest BCUT2D eigenvalue weighted by molar-refractivity contribution is -0.273. The quantitative estimate of drug-likeness (QED) is 0.340. The fourth-order valence-corrected chi connectivity index (χ4v) is 1.49. The van der Waals surface area contributed by atoms with Crippen molar-refractivity contribution < 1.29 is 37.1 Å². The fraction of sp³-hybridized carbons (Fsp3) is 0.667. The van der Waals surface area contributed by atoms with Crippen LogP contribution in [0.2, 0.25) is 0 Å². The van der Waals surface area contributed by atoms with E-state index >= 15 is 0 Å². The Morgan fingerprint density at radius 2 is 1.93 bits per heavy atom. The van der Waals surface area contributed by atoms with Gasteiger partial charge in [0.1, 0.15) is 13.2 Å². The largest absolute Gasteiger partial charge is 0.463 e. The maximum atomic E-state index is 11.0. The lowest BCUT2D eigenvalue weighted by Gasteiger charge is -2.08. The minimum absolute atomic E-state index is 0.162. The van der Waals surface area contributed by atoms with E-state index in [9.17, 15) is 18.0 Å². The van der Waals surface area contributed by atoms with Crippen LogP contribution in [-0.4, -0.2) is 43.4 Å². The van der Waals surface area contributed by atoms with E-state index < -0.39 is 33.7 Å². The summed E-state index contributed by atoms with van der Waals surface area (Å²) in [5.41, 5.74) is 0. The summed E-state index contributed by atoms with van der Waals surface area (Å²) in [5, 5.41) is -2.01. The SMILES string of the molecule is O=C1CC(S(=O)(=O)O)C(=O)OOCCO1. The van der Waals surface area contributed by atoms with Gasteiger partial charge >= 0.3 is 11.9 Å². The van der Waals surface area contributed by atoms with Crippen molar-refractivity contribution in [3.8, 4) is 0 Å². The van der Waals surface area contributed by atoms with Gasteiger partial charge in [-0.15, -0.1) is 0 Å². The van der Waals surface area contributed by atoms with Crippen LogP contribution in [0.5, 0.6) is 0 Å². The minimum atomic E-state index is -4.72. The van der Waals surface area contributed by atoms with Crippen LogP contribution in [0, 0.1) is 0 Å². The second kappa shape index (κ2) is 4.55. The van der Waals surface area contributed by atoms with E-state index in [4.69, 9.17) is 4.55 Å². The highest BCUT2D eigenvalue weighted by Crippen LogP contribution is 2.10. The molecule has 1 aliphatic rings. The Balaban J connectivity index is 2.87. The number of rotatable bonds is 1. The third-order valence-corrected chi connectivity index (χ3v) is 2.62. The van der Waals surface area contributed by atoms with Crippen LogP contribution in [0.3, 0.4) is 0 Å². The van der Waals surface area contributed by atoms with Gasteiger partial charge in [0.05, 0.1) is 6.42 Å². The molecule has 1 aliphatic heterocycles. The second-order valence-electron chi connectivity index (χ2n) is 2.65. The molecule has 1 unspecified atom stereocenters. The van der Waals surface area contributed by atoms with E-state index in [1.807, 2.05) is 0 Å². The highest BCUT2D eigenvalue weighted by Gasteiger charge is 2.37. The number of carbonyl (C=O) groups excluding carboxylic acids is 2. The Kier molecular flexibility index (Phi) is 3.61. The number of hydrogen-bond acceptors (Lipinski definition) is 7. The molecule has 86 valence electrons. The lowest BCUT2D eigenvalue weighted by atomic mass is 10.3. The first kappa shape index (κ1) is 11.9. The van der Waals surface area contributed by atoms with E-state index in [1.54, 1.807) is 0 Å². The van der Waals surface area contributed by atoms with Gasteiger partial charge in [0.15, 0.2) is 5.25 Å². The summed E-state index contributed by atoms with van der Waals surface area (Å²) in [4.78, 5) is 30.2. The molecular formula is C6H8O8S. The standard InChI is InChI=1S/C6H8O8S/c7-5-3-4(15(9,10)11)6(8)14-13-2-1-12-5/h4H,1-3H2,(H,9,10,11). The van der Waals surface area contributed by atoms with Crippen molar-refractivity contribution in [2.75, 3.05) is 13.2 Å². The number of esters is 1. The highest BCUT2D eigenvalue weighted by atomic mass is 32.2. The maximum absolute atomic E-state index is 11.0. The number of carbonyl (C=O) groups is 2. The van der Waals surface area contributed by atoms with E-state index in [0.29, 0.717) is 0 Å². The van der Waals surface area contributed by atoms with Gasteiger partial charge in [-0.2, -0.15) is 13.3 Å². The summed E-state index contributed by atoms with van der Waals surface area (Å²) >= 11 is 0. The minimum Gasteiger partial charge on any atom is -0.463 e. The average Bonchev–Trinajstić information content (AvgIpc) is 2.17. The monoisotopic (exact) mass is 240 g/mol. The van der Waals surface area contributed by atoms with Crippen molar-refractivity contribution in [3.05, 3.63) is 0 Å². The molecule has 0 aromatic carbocycles. The third kappa shape index (κ3) is 3.46. The first-order chi connectivity index (χ1) is 6.91. The summed E-state index contributed by atoms with van der Waals surface area (Å²) in [6, 6.07) is 0. The molecule has 15 heavy (non-hydrogen) atoms. The van der Waals surface area contributed by atoms with Gasteiger partial charge in [-0.25, -0.2) is 4.79 Å². The Morgan fingerprint density at radius 3 is 2.53 bits per heavy atom. The van der Waals surface area contributed by atoms with Gasteiger partial charge in [-0.3, -0.25) is 14.2 Å². The molecule has 9 heteroatoms. The zero-order valence-corrected chi connectivity index (χ0v) is 8.23. The van der Waals surface area contributed by atoms with E-state index in [2.05, 4.69) is 14.5 Å². The van der Waals surface area contributed by atoms with Crippen LogP contribution < -0.4 is 0 Å². The van der Waals surface area contributed by atoms with E-state index in [1.165, 1.54) is 0 Å². The van der Waals surface area contributed by atoms with Gasteiger partial charge < -0.3 is 4.74 Å². The summed E-state index contributed by atoms with van der Waals surface area (Å²) in [6.07, 6.45) is -0.805. The van der Waals surface area contributed by atoms with Gasteiger partial charge in [0.2, 0.25) is 0 Å². The Hall–Kier alpha value is -1.19.